The molecule has 17 heavy (non-hydrogen) atoms. The topological polar surface area (TPSA) is 62.6 Å². The minimum Gasteiger partial charge on any atom is -0.468 e. The van der Waals surface area contributed by atoms with Crippen molar-refractivity contribution in [2.45, 2.75) is 19.9 Å². The van der Waals surface area contributed by atoms with Crippen molar-refractivity contribution in [2.75, 3.05) is 25.9 Å². The molecule has 0 amide bonds. The lowest BCUT2D eigenvalue weighted by Gasteiger charge is -2.18. The second-order valence-electron chi connectivity index (χ2n) is 3.97. The minimum atomic E-state index is -3.07. The molecule has 0 bridgehead atoms. The van der Waals surface area contributed by atoms with Crippen molar-refractivity contribution < 1.29 is 12.8 Å². The zero-order chi connectivity index (χ0) is 12.7. The molecule has 0 unspecified atom stereocenters. The van der Waals surface area contributed by atoms with E-state index in [4.69, 9.17) is 4.42 Å². The number of nitrogens with one attached hydrogen (secondary N) is 1. The molecule has 98 valence electrons. The Kier molecular flexibility index (Phi) is 5.67. The van der Waals surface area contributed by atoms with Crippen LogP contribution in [0.2, 0.25) is 0 Å². The summed E-state index contributed by atoms with van der Waals surface area (Å²) in [4.78, 5) is 2.21. The van der Waals surface area contributed by atoms with Crippen LogP contribution in [0.25, 0.3) is 0 Å². The monoisotopic (exact) mass is 260 g/mol. The standard InChI is InChI=1S/C11H20N2O3S/c1-3-13(10-11-6-4-9-16-11)8-5-7-12-17(2,14)15/h4,6,9,12H,3,5,7-8,10H2,1-2H3. The van der Waals surface area contributed by atoms with Crippen molar-refractivity contribution in [3.63, 3.8) is 0 Å². The van der Waals surface area contributed by atoms with E-state index in [2.05, 4.69) is 16.5 Å². The number of sulfonamides is 1. The van der Waals surface area contributed by atoms with Crippen LogP contribution >= 0.6 is 0 Å². The van der Waals surface area contributed by atoms with Crippen LogP contribution in [-0.2, 0) is 16.6 Å². The summed E-state index contributed by atoms with van der Waals surface area (Å²) in [6.07, 6.45) is 3.63. The van der Waals surface area contributed by atoms with Crippen LogP contribution in [0.3, 0.4) is 0 Å². The predicted octanol–water partition coefficient (Wildman–Crippen LogP) is 1.04. The van der Waals surface area contributed by atoms with Crippen molar-refractivity contribution in [3.05, 3.63) is 24.2 Å². The van der Waals surface area contributed by atoms with Gasteiger partial charge in [-0.3, -0.25) is 4.90 Å². The van der Waals surface area contributed by atoms with Crippen LogP contribution in [0.15, 0.2) is 22.8 Å². The number of hydrogen-bond acceptors (Lipinski definition) is 4. The van der Waals surface area contributed by atoms with Gasteiger partial charge in [0.2, 0.25) is 10.0 Å². The van der Waals surface area contributed by atoms with Gasteiger partial charge in [0, 0.05) is 6.54 Å². The van der Waals surface area contributed by atoms with Gasteiger partial charge < -0.3 is 4.42 Å². The molecule has 1 aromatic heterocycles. The van der Waals surface area contributed by atoms with Gasteiger partial charge in [-0.1, -0.05) is 6.92 Å². The van der Waals surface area contributed by atoms with E-state index in [0.29, 0.717) is 6.54 Å². The molecule has 0 radical (unpaired) electrons. The van der Waals surface area contributed by atoms with Gasteiger partial charge in [0.25, 0.3) is 0 Å². The first kappa shape index (κ1) is 14.2. The van der Waals surface area contributed by atoms with Gasteiger partial charge >= 0.3 is 0 Å². The second-order valence-corrected chi connectivity index (χ2v) is 5.80. The minimum absolute atomic E-state index is 0.480. The first-order chi connectivity index (χ1) is 8.01. The fraction of sp³-hybridized carbons (Fsp3) is 0.636. The Morgan fingerprint density at radius 2 is 2.24 bits per heavy atom. The molecule has 0 saturated carbocycles. The summed E-state index contributed by atoms with van der Waals surface area (Å²) in [7, 11) is -3.07. The Morgan fingerprint density at radius 1 is 1.47 bits per heavy atom. The third kappa shape index (κ3) is 6.45. The predicted molar refractivity (Wildman–Crippen MR) is 67.1 cm³/mol. The highest BCUT2D eigenvalue weighted by molar-refractivity contribution is 7.88. The molecule has 0 atom stereocenters. The van der Waals surface area contributed by atoms with Crippen LogP contribution < -0.4 is 4.72 Å². The van der Waals surface area contributed by atoms with Crippen LogP contribution in [0.4, 0.5) is 0 Å². The van der Waals surface area contributed by atoms with E-state index in [9.17, 15) is 8.42 Å². The average molecular weight is 260 g/mol. The molecule has 1 N–H and O–H groups in total. The molecule has 0 aromatic carbocycles. The first-order valence-corrected chi connectivity index (χ1v) is 7.60. The highest BCUT2D eigenvalue weighted by Crippen LogP contribution is 2.05. The van der Waals surface area contributed by atoms with Crippen LogP contribution in [0.1, 0.15) is 19.1 Å². The van der Waals surface area contributed by atoms with Crippen LogP contribution in [0.5, 0.6) is 0 Å². The maximum absolute atomic E-state index is 10.9. The smallest absolute Gasteiger partial charge is 0.208 e. The molecule has 6 heteroatoms. The summed E-state index contributed by atoms with van der Waals surface area (Å²) >= 11 is 0. The van der Waals surface area contributed by atoms with Gasteiger partial charge in [0.1, 0.15) is 5.76 Å². The van der Waals surface area contributed by atoms with Gasteiger partial charge in [0.05, 0.1) is 19.1 Å². The van der Waals surface area contributed by atoms with E-state index in [0.717, 1.165) is 31.8 Å². The molecule has 0 saturated heterocycles. The summed E-state index contributed by atoms with van der Waals surface area (Å²) in [6, 6.07) is 3.81. The van der Waals surface area contributed by atoms with E-state index in [1.807, 2.05) is 12.1 Å². The Labute approximate surface area is 103 Å². The Balaban J connectivity index is 2.23. The lowest BCUT2D eigenvalue weighted by atomic mass is 10.3. The van der Waals surface area contributed by atoms with Crippen LogP contribution in [0, 0.1) is 0 Å². The molecule has 0 aliphatic carbocycles. The summed E-state index contributed by atoms with van der Waals surface area (Å²) in [5, 5.41) is 0. The lowest BCUT2D eigenvalue weighted by molar-refractivity contribution is 0.253. The molecule has 0 spiro atoms. The summed E-state index contributed by atoms with van der Waals surface area (Å²) in [5.74, 6) is 0.933. The fourth-order valence-electron chi connectivity index (χ4n) is 1.53. The summed E-state index contributed by atoms with van der Waals surface area (Å²) in [6.45, 7) is 5.09. The second kappa shape index (κ2) is 6.78. The first-order valence-electron chi connectivity index (χ1n) is 5.70. The molecule has 1 rings (SSSR count). The highest BCUT2D eigenvalue weighted by Gasteiger charge is 2.06. The van der Waals surface area contributed by atoms with E-state index in [1.54, 1.807) is 6.26 Å². The number of rotatable bonds is 8. The van der Waals surface area contributed by atoms with E-state index < -0.39 is 10.0 Å². The van der Waals surface area contributed by atoms with Crippen LogP contribution in [-0.4, -0.2) is 39.2 Å². The summed E-state index contributed by atoms with van der Waals surface area (Å²) in [5.41, 5.74) is 0. The average Bonchev–Trinajstić information content (AvgIpc) is 2.73. The van der Waals surface area contributed by atoms with E-state index in [-0.39, 0.29) is 0 Å². The maximum Gasteiger partial charge on any atom is 0.208 e. The number of furan rings is 1. The van der Waals surface area contributed by atoms with Crippen molar-refractivity contribution >= 4 is 10.0 Å². The molecular weight excluding hydrogens is 240 g/mol. The van der Waals surface area contributed by atoms with Crippen molar-refractivity contribution in [3.8, 4) is 0 Å². The summed E-state index contributed by atoms with van der Waals surface area (Å²) < 4.78 is 29.5. The zero-order valence-corrected chi connectivity index (χ0v) is 11.2. The molecule has 0 aliphatic heterocycles. The quantitative estimate of drug-likeness (QED) is 0.709. The van der Waals surface area contributed by atoms with Gasteiger partial charge in [-0.2, -0.15) is 0 Å². The molecule has 5 nitrogen and oxygen atoms in total. The van der Waals surface area contributed by atoms with Gasteiger partial charge in [0.15, 0.2) is 0 Å². The largest absolute Gasteiger partial charge is 0.468 e. The molecule has 1 heterocycles. The SMILES string of the molecule is CCN(CCCNS(C)(=O)=O)Cc1ccco1. The molecular formula is C11H20N2O3S. The molecule has 0 fully saturated rings. The third-order valence-corrected chi connectivity index (χ3v) is 3.15. The fourth-order valence-corrected chi connectivity index (χ4v) is 2.05. The lowest BCUT2D eigenvalue weighted by Crippen LogP contribution is -2.29. The number of hydrogen-bond donors (Lipinski definition) is 1. The Bertz CT molecular complexity index is 400. The van der Waals surface area contributed by atoms with Gasteiger partial charge in [-0.05, 0) is 31.6 Å². The van der Waals surface area contributed by atoms with Gasteiger partial charge in [-0.25, -0.2) is 13.1 Å². The molecule has 1 aromatic rings. The van der Waals surface area contributed by atoms with Crippen molar-refractivity contribution in [2.24, 2.45) is 0 Å². The number of nitrogens with zero attached hydrogens (tertiary/aromatic N) is 1. The zero-order valence-electron chi connectivity index (χ0n) is 10.3. The van der Waals surface area contributed by atoms with Gasteiger partial charge in [-0.15, -0.1) is 0 Å². The highest BCUT2D eigenvalue weighted by atomic mass is 32.2. The normalized spacial score (nSPS) is 12.2. The van der Waals surface area contributed by atoms with Crippen molar-refractivity contribution in [1.29, 1.82) is 0 Å². The Hall–Kier alpha value is -0.850. The van der Waals surface area contributed by atoms with E-state index in [1.165, 1.54) is 6.26 Å². The Morgan fingerprint density at radius 3 is 2.76 bits per heavy atom. The maximum atomic E-state index is 10.9. The van der Waals surface area contributed by atoms with Crippen molar-refractivity contribution in [1.82, 2.24) is 9.62 Å². The molecule has 0 aliphatic rings. The van der Waals surface area contributed by atoms with E-state index >= 15 is 0 Å². The third-order valence-electron chi connectivity index (χ3n) is 2.42.